The van der Waals surface area contributed by atoms with Gasteiger partial charge in [0.25, 0.3) is 0 Å². The number of nitrogens with one attached hydrogen (secondary N) is 2. The quantitative estimate of drug-likeness (QED) is 0.630. The van der Waals surface area contributed by atoms with Gasteiger partial charge in [-0.15, -0.1) is 0 Å². The summed E-state index contributed by atoms with van der Waals surface area (Å²) in [6, 6.07) is 9.00. The number of aryl methyl sites for hydroxylation is 1. The lowest BCUT2D eigenvalue weighted by Gasteiger charge is -2.08. The van der Waals surface area contributed by atoms with Crippen LogP contribution < -0.4 is 5.69 Å². The van der Waals surface area contributed by atoms with E-state index in [1.807, 2.05) is 19.1 Å². The van der Waals surface area contributed by atoms with Crippen LogP contribution in [0.5, 0.6) is 0 Å². The van der Waals surface area contributed by atoms with Gasteiger partial charge in [0.1, 0.15) is 0 Å². The van der Waals surface area contributed by atoms with Crippen molar-refractivity contribution in [2.24, 2.45) is 0 Å². The summed E-state index contributed by atoms with van der Waals surface area (Å²) in [6.07, 6.45) is 0. The fraction of sp³-hybridized carbons (Fsp3) is 0.0667. The van der Waals surface area contributed by atoms with Gasteiger partial charge in [-0.05, 0) is 52.7 Å². The number of carbonyl (C=O) groups excluding carboxylic acids is 1. The second-order valence-corrected chi connectivity index (χ2v) is 6.52. The van der Waals surface area contributed by atoms with E-state index < -0.39 is 0 Å². The Hall–Kier alpha value is -1.66. The number of fused-ring (bicyclic) bond motifs is 1. The van der Waals surface area contributed by atoms with E-state index in [-0.39, 0.29) is 11.5 Å². The number of carbonyl (C=O) groups is 1. The van der Waals surface area contributed by atoms with E-state index in [1.54, 1.807) is 18.2 Å². The number of H-pyrrole nitrogens is 2. The summed E-state index contributed by atoms with van der Waals surface area (Å²) >= 11 is 6.78. The fourth-order valence-corrected chi connectivity index (χ4v) is 3.10. The van der Waals surface area contributed by atoms with E-state index in [2.05, 4.69) is 41.8 Å². The van der Waals surface area contributed by atoms with Gasteiger partial charge in [0, 0.05) is 20.1 Å². The van der Waals surface area contributed by atoms with Gasteiger partial charge in [0.05, 0.1) is 11.0 Å². The SMILES string of the molecule is Cc1ccc(Br)cc1C(=O)c1cc2[nH]c(=O)[nH]c2cc1Br. The van der Waals surface area contributed by atoms with Crippen molar-refractivity contribution in [1.82, 2.24) is 9.97 Å². The predicted octanol–water partition coefficient (Wildman–Crippen LogP) is 3.92. The number of imidazole rings is 1. The van der Waals surface area contributed by atoms with Crippen molar-refractivity contribution < 1.29 is 4.79 Å². The molecular formula is C15H10Br2N2O2. The van der Waals surface area contributed by atoms with Gasteiger partial charge >= 0.3 is 5.69 Å². The van der Waals surface area contributed by atoms with Crippen LogP contribution in [0.2, 0.25) is 0 Å². The van der Waals surface area contributed by atoms with Crippen LogP contribution in [0.4, 0.5) is 0 Å². The Morgan fingerprint density at radius 3 is 2.38 bits per heavy atom. The molecule has 0 spiro atoms. The molecule has 2 aromatic carbocycles. The van der Waals surface area contributed by atoms with Crippen LogP contribution in [-0.4, -0.2) is 15.8 Å². The highest BCUT2D eigenvalue weighted by atomic mass is 79.9. The Bertz CT molecular complexity index is 925. The molecule has 3 aromatic rings. The first-order chi connectivity index (χ1) is 9.95. The molecule has 2 N–H and O–H groups in total. The second kappa shape index (κ2) is 5.27. The lowest BCUT2D eigenvalue weighted by molar-refractivity contribution is 0.103. The fourth-order valence-electron chi connectivity index (χ4n) is 2.21. The highest BCUT2D eigenvalue weighted by molar-refractivity contribution is 9.10. The first-order valence-electron chi connectivity index (χ1n) is 6.18. The molecule has 0 unspecified atom stereocenters. The average molecular weight is 410 g/mol. The maximum atomic E-state index is 12.7. The van der Waals surface area contributed by atoms with Crippen LogP contribution in [0, 0.1) is 6.92 Å². The summed E-state index contributed by atoms with van der Waals surface area (Å²) in [6.45, 7) is 1.89. The molecule has 0 aliphatic carbocycles. The Morgan fingerprint density at radius 1 is 1.00 bits per heavy atom. The highest BCUT2D eigenvalue weighted by Crippen LogP contribution is 2.26. The minimum Gasteiger partial charge on any atom is -0.306 e. The molecule has 0 amide bonds. The standard InChI is InChI=1S/C15H10Br2N2O2/c1-7-2-3-8(16)4-9(7)14(20)10-5-12-13(6-11(10)17)19-15(21)18-12/h2-6H,1H3,(H2,18,19,21). The average Bonchev–Trinajstić information content (AvgIpc) is 2.79. The Labute approximate surface area is 136 Å². The van der Waals surface area contributed by atoms with Crippen LogP contribution in [0.15, 0.2) is 44.1 Å². The van der Waals surface area contributed by atoms with Crippen LogP contribution >= 0.6 is 31.9 Å². The van der Waals surface area contributed by atoms with Crippen molar-refractivity contribution in [2.45, 2.75) is 6.92 Å². The summed E-state index contributed by atoms with van der Waals surface area (Å²) in [5.74, 6) is -0.0929. The zero-order valence-electron chi connectivity index (χ0n) is 11.0. The van der Waals surface area contributed by atoms with E-state index in [0.717, 1.165) is 10.0 Å². The molecule has 0 aliphatic heterocycles. The molecule has 0 fully saturated rings. The summed E-state index contributed by atoms with van der Waals surface area (Å²) in [4.78, 5) is 29.4. The normalized spacial score (nSPS) is 11.0. The third-order valence-electron chi connectivity index (χ3n) is 3.29. The van der Waals surface area contributed by atoms with Gasteiger partial charge in [-0.1, -0.05) is 22.0 Å². The van der Waals surface area contributed by atoms with Crippen molar-refractivity contribution in [1.29, 1.82) is 0 Å². The molecule has 106 valence electrons. The van der Waals surface area contributed by atoms with E-state index in [0.29, 0.717) is 26.6 Å². The Morgan fingerprint density at radius 2 is 1.67 bits per heavy atom. The molecular weight excluding hydrogens is 400 g/mol. The molecule has 0 aliphatic rings. The van der Waals surface area contributed by atoms with E-state index in [1.165, 1.54) is 0 Å². The predicted molar refractivity (Wildman–Crippen MR) is 88.9 cm³/mol. The maximum absolute atomic E-state index is 12.7. The van der Waals surface area contributed by atoms with Crippen molar-refractivity contribution >= 4 is 48.7 Å². The third-order valence-corrected chi connectivity index (χ3v) is 4.44. The van der Waals surface area contributed by atoms with Gasteiger partial charge < -0.3 is 9.97 Å². The first-order valence-corrected chi connectivity index (χ1v) is 7.76. The number of benzene rings is 2. The summed E-state index contributed by atoms with van der Waals surface area (Å²) in [7, 11) is 0. The van der Waals surface area contributed by atoms with Gasteiger partial charge in [-0.3, -0.25) is 4.79 Å². The molecule has 0 atom stereocenters. The van der Waals surface area contributed by atoms with Gasteiger partial charge in [-0.25, -0.2) is 4.79 Å². The van der Waals surface area contributed by atoms with Crippen molar-refractivity contribution in [3.05, 3.63) is 66.5 Å². The third kappa shape index (κ3) is 2.61. The minimum absolute atomic E-state index is 0.0929. The van der Waals surface area contributed by atoms with Crippen molar-refractivity contribution in [3.8, 4) is 0 Å². The molecule has 1 heterocycles. The van der Waals surface area contributed by atoms with Crippen LogP contribution in [0.3, 0.4) is 0 Å². The monoisotopic (exact) mass is 408 g/mol. The van der Waals surface area contributed by atoms with Crippen LogP contribution in [-0.2, 0) is 0 Å². The summed E-state index contributed by atoms with van der Waals surface area (Å²) in [5.41, 5.74) is 3.02. The Kier molecular flexibility index (Phi) is 3.59. The molecule has 21 heavy (non-hydrogen) atoms. The Balaban J connectivity index is 2.19. The minimum atomic E-state index is -0.292. The largest absolute Gasteiger partial charge is 0.323 e. The highest BCUT2D eigenvalue weighted by Gasteiger charge is 2.17. The molecule has 0 radical (unpaired) electrons. The van der Waals surface area contributed by atoms with Gasteiger partial charge in [-0.2, -0.15) is 0 Å². The second-order valence-electron chi connectivity index (χ2n) is 4.75. The van der Waals surface area contributed by atoms with Gasteiger partial charge in [0.15, 0.2) is 5.78 Å². The number of halogens is 2. The summed E-state index contributed by atoms with van der Waals surface area (Å²) < 4.78 is 1.50. The number of rotatable bonds is 2. The molecule has 0 saturated carbocycles. The van der Waals surface area contributed by atoms with Gasteiger partial charge in [0.2, 0.25) is 0 Å². The summed E-state index contributed by atoms with van der Waals surface area (Å²) in [5, 5.41) is 0. The lowest BCUT2D eigenvalue weighted by atomic mass is 9.99. The molecule has 3 rings (SSSR count). The topological polar surface area (TPSA) is 65.7 Å². The number of hydrogen-bond acceptors (Lipinski definition) is 2. The zero-order valence-corrected chi connectivity index (χ0v) is 14.1. The number of aromatic amines is 2. The number of hydrogen-bond donors (Lipinski definition) is 2. The molecule has 1 aromatic heterocycles. The molecule has 0 saturated heterocycles. The maximum Gasteiger partial charge on any atom is 0.323 e. The number of ketones is 1. The van der Waals surface area contributed by atoms with E-state index >= 15 is 0 Å². The van der Waals surface area contributed by atoms with Crippen LogP contribution in [0.1, 0.15) is 21.5 Å². The van der Waals surface area contributed by atoms with Crippen molar-refractivity contribution in [2.75, 3.05) is 0 Å². The molecule has 6 heteroatoms. The van der Waals surface area contributed by atoms with E-state index in [4.69, 9.17) is 0 Å². The number of aromatic nitrogens is 2. The van der Waals surface area contributed by atoms with Crippen LogP contribution in [0.25, 0.3) is 11.0 Å². The van der Waals surface area contributed by atoms with Crippen molar-refractivity contribution in [3.63, 3.8) is 0 Å². The zero-order chi connectivity index (χ0) is 15.1. The molecule has 0 bridgehead atoms. The first kappa shape index (κ1) is 14.3. The lowest BCUT2D eigenvalue weighted by Crippen LogP contribution is -2.05. The molecule has 4 nitrogen and oxygen atoms in total. The van der Waals surface area contributed by atoms with E-state index in [9.17, 15) is 9.59 Å². The smallest absolute Gasteiger partial charge is 0.306 e.